The average Bonchev–Trinajstić information content (AvgIpc) is 2.14. The van der Waals surface area contributed by atoms with Crippen LogP contribution in [0, 0.1) is 6.08 Å². The third-order valence-corrected chi connectivity index (χ3v) is 0.619. The highest BCUT2D eigenvalue weighted by atomic mass is 16.5. The first-order chi connectivity index (χ1) is 3.43. The fraction of sp³-hybridized carbons (Fsp3) is 0. The summed E-state index contributed by atoms with van der Waals surface area (Å²) in [5.74, 6) is 0. The van der Waals surface area contributed by atoms with E-state index in [1.54, 1.807) is 6.07 Å². The second-order valence-corrected chi connectivity index (χ2v) is 1.06. The lowest BCUT2D eigenvalue weighted by Gasteiger charge is -1.66. The molecule has 0 saturated heterocycles. The van der Waals surface area contributed by atoms with Crippen molar-refractivity contribution < 1.29 is 4.52 Å². The predicted molar refractivity (Wildman–Crippen MR) is 24.5 cm³/mol. The quantitative estimate of drug-likeness (QED) is 0.519. The summed E-state index contributed by atoms with van der Waals surface area (Å²) in [5, 5.41) is 3.49. The van der Waals surface area contributed by atoms with Crippen molar-refractivity contribution in [2.45, 2.75) is 0 Å². The number of nitrogens with zero attached hydrogens (tertiary/aromatic N) is 1. The largest absolute Gasteiger partial charge is 0.364 e. The van der Waals surface area contributed by atoms with Gasteiger partial charge in [0.2, 0.25) is 0 Å². The Morgan fingerprint density at radius 2 is 2.71 bits per heavy atom. The molecule has 1 rings (SSSR count). The van der Waals surface area contributed by atoms with Crippen LogP contribution in [0.4, 0.5) is 0 Å². The van der Waals surface area contributed by atoms with E-state index in [9.17, 15) is 0 Å². The SMILES string of the molecule is C=[C]c1ccon1. The van der Waals surface area contributed by atoms with E-state index in [1.165, 1.54) is 6.26 Å². The van der Waals surface area contributed by atoms with Crippen LogP contribution in [-0.4, -0.2) is 5.16 Å². The van der Waals surface area contributed by atoms with Crippen LogP contribution in [0.1, 0.15) is 5.69 Å². The van der Waals surface area contributed by atoms with Gasteiger partial charge >= 0.3 is 0 Å². The van der Waals surface area contributed by atoms with E-state index in [4.69, 9.17) is 0 Å². The van der Waals surface area contributed by atoms with Crippen LogP contribution in [0.25, 0.3) is 0 Å². The van der Waals surface area contributed by atoms with Crippen LogP contribution in [0.15, 0.2) is 23.4 Å². The fourth-order valence-electron chi connectivity index (χ4n) is 0.304. The third kappa shape index (κ3) is 0.682. The van der Waals surface area contributed by atoms with Gasteiger partial charge in [0.1, 0.15) is 12.0 Å². The minimum absolute atomic E-state index is 0.653. The van der Waals surface area contributed by atoms with E-state index >= 15 is 0 Å². The van der Waals surface area contributed by atoms with Crippen molar-refractivity contribution in [2.75, 3.05) is 0 Å². The van der Waals surface area contributed by atoms with Gasteiger partial charge in [-0.1, -0.05) is 11.7 Å². The molecule has 7 heavy (non-hydrogen) atoms. The molecular weight excluding hydrogens is 90.1 g/mol. The molecule has 2 heteroatoms. The minimum atomic E-state index is 0.653. The van der Waals surface area contributed by atoms with E-state index in [0.29, 0.717) is 5.69 Å². The molecule has 1 radical (unpaired) electrons. The maximum absolute atomic E-state index is 4.45. The van der Waals surface area contributed by atoms with Gasteiger partial charge in [0.15, 0.2) is 0 Å². The smallest absolute Gasteiger partial charge is 0.124 e. The average molecular weight is 94.1 g/mol. The molecule has 35 valence electrons. The third-order valence-electron chi connectivity index (χ3n) is 0.619. The Morgan fingerprint density at radius 3 is 3.00 bits per heavy atom. The van der Waals surface area contributed by atoms with E-state index in [1.807, 2.05) is 0 Å². The summed E-state index contributed by atoms with van der Waals surface area (Å²) in [5.41, 5.74) is 0.653. The Labute approximate surface area is 41.4 Å². The monoisotopic (exact) mass is 94.0 g/mol. The molecule has 0 aliphatic carbocycles. The number of aromatic nitrogens is 1. The van der Waals surface area contributed by atoms with Gasteiger partial charge in [0.25, 0.3) is 0 Å². The van der Waals surface area contributed by atoms with Crippen LogP contribution >= 0.6 is 0 Å². The molecule has 0 N–H and O–H groups in total. The van der Waals surface area contributed by atoms with Gasteiger partial charge in [-0.05, 0) is 0 Å². The van der Waals surface area contributed by atoms with Gasteiger partial charge in [0.05, 0.1) is 0 Å². The van der Waals surface area contributed by atoms with Gasteiger partial charge in [0, 0.05) is 12.1 Å². The molecule has 0 saturated carbocycles. The van der Waals surface area contributed by atoms with Gasteiger partial charge in [-0.3, -0.25) is 0 Å². The molecular formula is C5H4NO. The van der Waals surface area contributed by atoms with Crippen LogP contribution < -0.4 is 0 Å². The lowest BCUT2D eigenvalue weighted by Crippen LogP contribution is -1.64. The van der Waals surface area contributed by atoms with Gasteiger partial charge in [-0.2, -0.15) is 0 Å². The van der Waals surface area contributed by atoms with Gasteiger partial charge < -0.3 is 4.52 Å². The Kier molecular flexibility index (Phi) is 0.941. The molecule has 0 atom stereocenters. The Morgan fingerprint density at radius 1 is 1.86 bits per heavy atom. The maximum Gasteiger partial charge on any atom is 0.124 e. The van der Waals surface area contributed by atoms with E-state index in [2.05, 4.69) is 22.3 Å². The molecule has 1 heterocycles. The zero-order chi connectivity index (χ0) is 5.11. The summed E-state index contributed by atoms with van der Waals surface area (Å²) < 4.78 is 4.45. The first-order valence-corrected chi connectivity index (χ1v) is 1.87. The van der Waals surface area contributed by atoms with Crippen molar-refractivity contribution in [3.05, 3.63) is 30.7 Å². The van der Waals surface area contributed by atoms with Crippen LogP contribution in [0.5, 0.6) is 0 Å². The molecule has 1 aromatic rings. The molecule has 0 spiro atoms. The molecule has 0 bridgehead atoms. The second kappa shape index (κ2) is 1.60. The summed E-state index contributed by atoms with van der Waals surface area (Å²) in [6.07, 6.45) is 4.03. The zero-order valence-corrected chi connectivity index (χ0v) is 3.72. The minimum Gasteiger partial charge on any atom is -0.364 e. The molecule has 1 aromatic heterocycles. The Balaban J connectivity index is 2.96. The lowest BCUT2D eigenvalue weighted by atomic mass is 10.4. The van der Waals surface area contributed by atoms with E-state index in [-0.39, 0.29) is 0 Å². The predicted octanol–water partition coefficient (Wildman–Crippen LogP) is 1.01. The fourth-order valence-corrected chi connectivity index (χ4v) is 0.304. The molecule has 2 nitrogen and oxygen atoms in total. The first kappa shape index (κ1) is 4.12. The summed E-state index contributed by atoms with van der Waals surface area (Å²) in [6, 6.07) is 1.69. The number of hydrogen-bond donors (Lipinski definition) is 0. The molecule has 0 aliphatic rings. The van der Waals surface area contributed by atoms with Crippen molar-refractivity contribution in [1.82, 2.24) is 5.16 Å². The maximum atomic E-state index is 4.45. The summed E-state index contributed by atoms with van der Waals surface area (Å²) in [6.45, 7) is 3.36. The molecule has 0 aromatic carbocycles. The summed E-state index contributed by atoms with van der Waals surface area (Å²) in [4.78, 5) is 0. The van der Waals surface area contributed by atoms with Crippen LogP contribution in [0.3, 0.4) is 0 Å². The van der Waals surface area contributed by atoms with Crippen molar-refractivity contribution in [3.8, 4) is 0 Å². The van der Waals surface area contributed by atoms with Crippen LogP contribution in [0.2, 0.25) is 0 Å². The van der Waals surface area contributed by atoms with Crippen LogP contribution in [-0.2, 0) is 0 Å². The molecule has 0 unspecified atom stereocenters. The molecule has 0 amide bonds. The number of rotatable bonds is 1. The van der Waals surface area contributed by atoms with Crippen molar-refractivity contribution in [2.24, 2.45) is 0 Å². The highest BCUT2D eigenvalue weighted by Gasteiger charge is 1.83. The number of hydrogen-bond acceptors (Lipinski definition) is 2. The van der Waals surface area contributed by atoms with Crippen molar-refractivity contribution in [3.63, 3.8) is 0 Å². The summed E-state index contributed by atoms with van der Waals surface area (Å²) in [7, 11) is 0. The Hall–Kier alpha value is -1.05. The zero-order valence-electron chi connectivity index (χ0n) is 3.72. The normalized spacial score (nSPS) is 8.57. The first-order valence-electron chi connectivity index (χ1n) is 1.87. The molecule has 0 fully saturated rings. The van der Waals surface area contributed by atoms with E-state index < -0.39 is 0 Å². The standard InChI is InChI=1S/C5H4NO/c1-2-5-3-4-7-6-5/h3-4H,1H2. The Bertz CT molecular complexity index is 143. The van der Waals surface area contributed by atoms with Gasteiger partial charge in [-0.25, -0.2) is 0 Å². The summed E-state index contributed by atoms with van der Waals surface area (Å²) >= 11 is 0. The van der Waals surface area contributed by atoms with E-state index in [0.717, 1.165) is 0 Å². The highest BCUT2D eigenvalue weighted by molar-refractivity contribution is 5.03. The highest BCUT2D eigenvalue weighted by Crippen LogP contribution is 1.89. The second-order valence-electron chi connectivity index (χ2n) is 1.06. The topological polar surface area (TPSA) is 26.0 Å². The van der Waals surface area contributed by atoms with Crippen molar-refractivity contribution >= 4 is 0 Å². The van der Waals surface area contributed by atoms with Gasteiger partial charge in [-0.15, -0.1) is 0 Å². The molecule has 0 aliphatic heterocycles. The lowest BCUT2D eigenvalue weighted by molar-refractivity contribution is 0.417. The van der Waals surface area contributed by atoms with Crippen molar-refractivity contribution in [1.29, 1.82) is 0 Å².